The Labute approximate surface area is 109 Å². The molecule has 1 aromatic rings. The van der Waals surface area contributed by atoms with Crippen LogP contribution in [0.5, 0.6) is 0 Å². The zero-order valence-electron chi connectivity index (χ0n) is 9.89. The van der Waals surface area contributed by atoms with Crippen molar-refractivity contribution < 1.29 is 21.6 Å². The Morgan fingerprint density at radius 1 is 1.16 bits per heavy atom. The molecule has 0 radical (unpaired) electrons. The number of rotatable bonds is 1. The highest BCUT2D eigenvalue weighted by atomic mass is 32.2. The molecule has 7 heteroatoms. The van der Waals surface area contributed by atoms with Crippen molar-refractivity contribution in [2.45, 2.75) is 36.7 Å². The molecule has 3 nitrogen and oxygen atoms in total. The Morgan fingerprint density at radius 3 is 2.53 bits per heavy atom. The van der Waals surface area contributed by atoms with Crippen molar-refractivity contribution in [2.24, 2.45) is 0 Å². The summed E-state index contributed by atoms with van der Waals surface area (Å²) in [5, 5.41) is 0. The van der Waals surface area contributed by atoms with Crippen LogP contribution in [0.15, 0.2) is 24.3 Å². The molecule has 1 aliphatic heterocycles. The summed E-state index contributed by atoms with van der Waals surface area (Å²) in [6.07, 6.45) is 1.98. The van der Waals surface area contributed by atoms with Crippen molar-refractivity contribution in [1.82, 2.24) is 0 Å². The maximum Gasteiger partial charge on any atom is 0.516 e. The summed E-state index contributed by atoms with van der Waals surface area (Å²) in [5.41, 5.74) is -4.34. The molecular weight excluding hydrogens is 279 g/mol. The highest BCUT2D eigenvalue weighted by Gasteiger charge is 2.56. The average molecular weight is 291 g/mol. The maximum atomic E-state index is 12.8. The third-order valence-corrected chi connectivity index (χ3v) is 5.48. The highest BCUT2D eigenvalue weighted by molar-refractivity contribution is 7.93. The average Bonchev–Trinajstić information content (AvgIpc) is 2.86. The minimum atomic E-state index is -5.31. The van der Waals surface area contributed by atoms with Crippen LogP contribution in [0, 0.1) is 0 Å². The van der Waals surface area contributed by atoms with Crippen LogP contribution in [0.1, 0.15) is 30.7 Å². The van der Waals surface area contributed by atoms with Crippen molar-refractivity contribution in [3.8, 4) is 0 Å². The summed E-state index contributed by atoms with van der Waals surface area (Å²) >= 11 is 0. The second kappa shape index (κ2) is 3.88. The maximum absolute atomic E-state index is 12.8. The molecule has 1 heterocycles. The van der Waals surface area contributed by atoms with Gasteiger partial charge in [0, 0.05) is 5.92 Å². The summed E-state index contributed by atoms with van der Waals surface area (Å²) in [4.78, 5) is 0. The van der Waals surface area contributed by atoms with Gasteiger partial charge in [-0.3, -0.25) is 4.31 Å². The lowest BCUT2D eigenvalue weighted by molar-refractivity contribution is -0.0440. The predicted octanol–water partition coefficient (Wildman–Crippen LogP) is 2.99. The molecule has 0 N–H and O–H groups in total. The van der Waals surface area contributed by atoms with E-state index in [9.17, 15) is 21.6 Å². The zero-order chi connectivity index (χ0) is 13.8. The van der Waals surface area contributed by atoms with Gasteiger partial charge in [0.15, 0.2) is 0 Å². The summed E-state index contributed by atoms with van der Waals surface area (Å²) in [6, 6.07) is 5.90. The van der Waals surface area contributed by atoms with Crippen molar-refractivity contribution in [3.63, 3.8) is 0 Å². The van der Waals surface area contributed by atoms with Crippen LogP contribution in [0.3, 0.4) is 0 Å². The number of halogens is 3. The molecule has 2 aliphatic rings. The fourth-order valence-electron chi connectivity index (χ4n) is 3.18. The van der Waals surface area contributed by atoms with Gasteiger partial charge in [0.25, 0.3) is 0 Å². The van der Waals surface area contributed by atoms with Gasteiger partial charge in [-0.05, 0) is 24.5 Å². The largest absolute Gasteiger partial charge is 0.516 e. The lowest BCUT2D eigenvalue weighted by Gasteiger charge is -2.27. The third kappa shape index (κ3) is 1.67. The fraction of sp³-hybridized carbons (Fsp3) is 0.500. The van der Waals surface area contributed by atoms with E-state index in [-0.39, 0.29) is 11.6 Å². The molecule has 0 bridgehead atoms. The van der Waals surface area contributed by atoms with E-state index in [1.54, 1.807) is 18.2 Å². The van der Waals surface area contributed by atoms with E-state index in [0.717, 1.165) is 18.4 Å². The number of alkyl halides is 3. The van der Waals surface area contributed by atoms with E-state index in [0.29, 0.717) is 10.7 Å². The summed E-state index contributed by atoms with van der Waals surface area (Å²) in [7, 11) is -5.31. The second-order valence-electron chi connectivity index (χ2n) is 4.91. The van der Waals surface area contributed by atoms with Gasteiger partial charge in [-0.1, -0.05) is 24.6 Å². The Balaban J connectivity index is 2.17. The van der Waals surface area contributed by atoms with E-state index in [1.807, 2.05) is 0 Å². The Morgan fingerprint density at radius 2 is 1.84 bits per heavy atom. The predicted molar refractivity (Wildman–Crippen MR) is 64.3 cm³/mol. The molecule has 0 unspecified atom stereocenters. The van der Waals surface area contributed by atoms with Crippen LogP contribution in [0.25, 0.3) is 0 Å². The molecule has 0 spiro atoms. The van der Waals surface area contributed by atoms with Crippen molar-refractivity contribution >= 4 is 15.7 Å². The molecule has 1 fully saturated rings. The number of hydrogen-bond acceptors (Lipinski definition) is 2. The summed E-state index contributed by atoms with van der Waals surface area (Å²) in [5.74, 6) is -0.103. The van der Waals surface area contributed by atoms with Crippen molar-refractivity contribution in [1.29, 1.82) is 0 Å². The van der Waals surface area contributed by atoms with Crippen LogP contribution < -0.4 is 4.31 Å². The number of benzene rings is 1. The second-order valence-corrected chi connectivity index (χ2v) is 6.72. The Kier molecular flexibility index (Phi) is 2.61. The van der Waals surface area contributed by atoms with Crippen LogP contribution in [0.4, 0.5) is 18.9 Å². The number of sulfonamides is 1. The molecule has 19 heavy (non-hydrogen) atoms. The molecule has 0 aromatic heterocycles. The number of fused-ring (bicyclic) bond motifs is 3. The fourth-order valence-corrected chi connectivity index (χ4v) is 4.44. The van der Waals surface area contributed by atoms with E-state index in [2.05, 4.69) is 0 Å². The van der Waals surface area contributed by atoms with Gasteiger partial charge >= 0.3 is 15.5 Å². The van der Waals surface area contributed by atoms with Crippen molar-refractivity contribution in [2.75, 3.05) is 4.31 Å². The van der Waals surface area contributed by atoms with Gasteiger partial charge in [0.05, 0.1) is 11.7 Å². The zero-order valence-corrected chi connectivity index (χ0v) is 10.7. The van der Waals surface area contributed by atoms with Gasteiger partial charge in [0.2, 0.25) is 0 Å². The standard InChI is InChI=1S/C12H12F3NO2S/c13-12(14,15)19(17,18)16-10-6-2-1-4-8(10)9-5-3-7-11(9)16/h1-2,4,6,9,11H,3,5,7H2/t9-,11-/m0/s1. The monoisotopic (exact) mass is 291 g/mol. The molecule has 2 atom stereocenters. The molecule has 1 aliphatic carbocycles. The number of anilines is 1. The number of para-hydroxylation sites is 1. The van der Waals surface area contributed by atoms with E-state index < -0.39 is 21.6 Å². The smallest absolute Gasteiger partial charge is 0.259 e. The SMILES string of the molecule is O=S(=O)(N1c2ccccc2[C@@H]2CCC[C@@H]21)C(F)(F)F. The first-order valence-electron chi connectivity index (χ1n) is 6.03. The van der Waals surface area contributed by atoms with Crippen LogP contribution in [-0.2, 0) is 10.0 Å². The normalized spacial score (nSPS) is 26.4. The minimum Gasteiger partial charge on any atom is -0.259 e. The molecule has 0 amide bonds. The van der Waals surface area contributed by atoms with E-state index >= 15 is 0 Å². The summed E-state index contributed by atoms with van der Waals surface area (Å²) in [6.45, 7) is 0. The molecule has 104 valence electrons. The molecular formula is C12H12F3NO2S. The van der Waals surface area contributed by atoms with Gasteiger partial charge < -0.3 is 0 Å². The number of hydrogen-bond donors (Lipinski definition) is 0. The first kappa shape index (κ1) is 12.8. The molecule has 3 rings (SSSR count). The third-order valence-electron chi connectivity index (χ3n) is 3.91. The topological polar surface area (TPSA) is 37.4 Å². The Bertz CT molecular complexity index is 612. The van der Waals surface area contributed by atoms with Crippen molar-refractivity contribution in [3.05, 3.63) is 29.8 Å². The summed E-state index contributed by atoms with van der Waals surface area (Å²) < 4.78 is 62.5. The number of nitrogens with zero attached hydrogens (tertiary/aromatic N) is 1. The van der Waals surface area contributed by atoms with E-state index in [4.69, 9.17) is 0 Å². The Hall–Kier alpha value is -1.24. The minimum absolute atomic E-state index is 0.103. The van der Waals surface area contributed by atoms with Gasteiger partial charge in [-0.25, -0.2) is 0 Å². The first-order valence-corrected chi connectivity index (χ1v) is 7.47. The quantitative estimate of drug-likeness (QED) is 0.797. The molecule has 1 aromatic carbocycles. The van der Waals surface area contributed by atoms with Crippen LogP contribution >= 0.6 is 0 Å². The van der Waals surface area contributed by atoms with Gasteiger partial charge in [-0.15, -0.1) is 0 Å². The van der Waals surface area contributed by atoms with Gasteiger partial charge in [0.1, 0.15) is 0 Å². The lowest BCUT2D eigenvalue weighted by atomic mass is 9.98. The van der Waals surface area contributed by atoms with Crippen LogP contribution in [0.2, 0.25) is 0 Å². The first-order chi connectivity index (χ1) is 8.84. The highest BCUT2D eigenvalue weighted by Crippen LogP contribution is 2.51. The lowest BCUT2D eigenvalue weighted by Crippen LogP contribution is -2.44. The van der Waals surface area contributed by atoms with E-state index in [1.165, 1.54) is 6.07 Å². The molecule has 1 saturated carbocycles. The molecule has 0 saturated heterocycles. The van der Waals surface area contributed by atoms with Gasteiger partial charge in [-0.2, -0.15) is 21.6 Å². The van der Waals surface area contributed by atoms with Crippen LogP contribution in [-0.4, -0.2) is 20.0 Å².